The summed E-state index contributed by atoms with van der Waals surface area (Å²) >= 11 is 6.45. The second kappa shape index (κ2) is 6.95. The van der Waals surface area contributed by atoms with E-state index < -0.39 is 5.54 Å². The fourth-order valence-corrected chi connectivity index (χ4v) is 4.92. The van der Waals surface area contributed by atoms with Crippen LogP contribution in [0.2, 0.25) is 5.02 Å². The minimum atomic E-state index is -0.820. The molecule has 3 fully saturated rings. The number of imide groups is 1. The van der Waals surface area contributed by atoms with Crippen molar-refractivity contribution in [3.63, 3.8) is 0 Å². The van der Waals surface area contributed by atoms with Crippen molar-refractivity contribution in [1.82, 2.24) is 14.7 Å². The smallest absolute Gasteiger partial charge is 0.327 e. The van der Waals surface area contributed by atoms with Crippen LogP contribution < -0.4 is 4.90 Å². The molecule has 0 aromatic heterocycles. The van der Waals surface area contributed by atoms with Crippen molar-refractivity contribution >= 4 is 35.1 Å². The van der Waals surface area contributed by atoms with Crippen LogP contribution >= 0.6 is 11.6 Å². The van der Waals surface area contributed by atoms with Crippen LogP contribution in [0.25, 0.3) is 0 Å². The van der Waals surface area contributed by atoms with Crippen LogP contribution in [0.15, 0.2) is 18.2 Å². The number of hydrogen-bond acceptors (Lipinski definition) is 4. The molecule has 0 saturated carbocycles. The predicted octanol–water partition coefficient (Wildman–Crippen LogP) is 2.44. The number of rotatable bonds is 2. The SMILES string of the molecule is CN1C(=O)N(C)C2(CCN(C(=O)c3ccc(N4CCCC4)c(Cl)c3)CC2)C1=O. The number of halogens is 1. The molecule has 0 aliphatic carbocycles. The summed E-state index contributed by atoms with van der Waals surface area (Å²) in [5.41, 5.74) is 0.719. The first kappa shape index (κ1) is 19.1. The lowest BCUT2D eigenvalue weighted by molar-refractivity contribution is -0.134. The van der Waals surface area contributed by atoms with Crippen molar-refractivity contribution in [2.45, 2.75) is 31.2 Å². The molecular formula is C20H25ClN4O3. The van der Waals surface area contributed by atoms with Crippen LogP contribution in [0.3, 0.4) is 0 Å². The highest BCUT2D eigenvalue weighted by atomic mass is 35.5. The molecule has 3 saturated heterocycles. The summed E-state index contributed by atoms with van der Waals surface area (Å²) in [6.45, 7) is 2.86. The van der Waals surface area contributed by atoms with Crippen molar-refractivity contribution in [3.8, 4) is 0 Å². The maximum absolute atomic E-state index is 13.0. The summed E-state index contributed by atoms with van der Waals surface area (Å²) in [6, 6.07) is 5.21. The Bertz CT molecular complexity index is 829. The number of carbonyl (C=O) groups is 3. The van der Waals surface area contributed by atoms with Gasteiger partial charge >= 0.3 is 6.03 Å². The molecule has 3 heterocycles. The van der Waals surface area contributed by atoms with E-state index >= 15 is 0 Å². The standard InChI is InChI=1S/C20H25ClN4O3/c1-22-18(27)20(23(2)19(22)28)7-11-25(12-8-20)17(26)14-5-6-16(15(21)13-14)24-9-3-4-10-24/h5-6,13H,3-4,7-12H2,1-2H3. The summed E-state index contributed by atoms with van der Waals surface area (Å²) in [5.74, 6) is -0.261. The average molecular weight is 405 g/mol. The number of likely N-dealkylation sites (N-methyl/N-ethyl adjacent to an activating group) is 2. The number of piperidine rings is 1. The Morgan fingerprint density at radius 1 is 1.04 bits per heavy atom. The van der Waals surface area contributed by atoms with Crippen LogP contribution in [-0.2, 0) is 4.79 Å². The molecule has 8 heteroatoms. The van der Waals surface area contributed by atoms with Gasteiger partial charge in [-0.15, -0.1) is 0 Å². The maximum Gasteiger partial charge on any atom is 0.327 e. The van der Waals surface area contributed by atoms with Gasteiger partial charge < -0.3 is 14.7 Å². The number of urea groups is 1. The lowest BCUT2D eigenvalue weighted by Gasteiger charge is -2.40. The highest BCUT2D eigenvalue weighted by Crippen LogP contribution is 2.36. The molecule has 0 radical (unpaired) electrons. The van der Waals surface area contributed by atoms with Gasteiger partial charge in [-0.1, -0.05) is 11.6 Å². The van der Waals surface area contributed by atoms with Gasteiger partial charge in [0.2, 0.25) is 0 Å². The molecular weight excluding hydrogens is 380 g/mol. The highest BCUT2D eigenvalue weighted by Gasteiger charge is 2.55. The lowest BCUT2D eigenvalue weighted by Crippen LogP contribution is -2.56. The number of anilines is 1. The van der Waals surface area contributed by atoms with Crippen molar-refractivity contribution < 1.29 is 14.4 Å². The maximum atomic E-state index is 13.0. The van der Waals surface area contributed by atoms with Crippen molar-refractivity contribution in [3.05, 3.63) is 28.8 Å². The fourth-order valence-electron chi connectivity index (χ4n) is 4.62. The molecule has 4 rings (SSSR count). The van der Waals surface area contributed by atoms with Crippen molar-refractivity contribution in [1.29, 1.82) is 0 Å². The monoisotopic (exact) mass is 404 g/mol. The summed E-state index contributed by atoms with van der Waals surface area (Å²) in [7, 11) is 3.18. The molecule has 0 N–H and O–H groups in total. The van der Waals surface area contributed by atoms with Crippen LogP contribution in [-0.4, -0.2) is 78.4 Å². The normalized spacial score (nSPS) is 22.0. The van der Waals surface area contributed by atoms with Crippen molar-refractivity contribution in [2.24, 2.45) is 0 Å². The zero-order valence-corrected chi connectivity index (χ0v) is 17.0. The van der Waals surface area contributed by atoms with Crippen molar-refractivity contribution in [2.75, 3.05) is 45.2 Å². The molecule has 150 valence electrons. The largest absolute Gasteiger partial charge is 0.370 e. The Morgan fingerprint density at radius 2 is 1.68 bits per heavy atom. The van der Waals surface area contributed by atoms with E-state index in [1.54, 1.807) is 18.0 Å². The molecule has 1 aromatic rings. The van der Waals surface area contributed by atoms with Gasteiger partial charge in [-0.2, -0.15) is 0 Å². The minimum Gasteiger partial charge on any atom is -0.370 e. The summed E-state index contributed by atoms with van der Waals surface area (Å²) in [5, 5.41) is 0.596. The summed E-state index contributed by atoms with van der Waals surface area (Å²) in [6.07, 6.45) is 3.22. The Balaban J connectivity index is 1.47. The first-order valence-electron chi connectivity index (χ1n) is 9.75. The van der Waals surface area contributed by atoms with Gasteiger partial charge in [-0.25, -0.2) is 4.79 Å². The number of amides is 4. The Hall–Kier alpha value is -2.28. The Labute approximate surface area is 169 Å². The fraction of sp³-hybridized carbons (Fsp3) is 0.550. The minimum absolute atomic E-state index is 0.0856. The third-order valence-electron chi connectivity index (χ3n) is 6.44. The molecule has 7 nitrogen and oxygen atoms in total. The highest BCUT2D eigenvalue weighted by molar-refractivity contribution is 6.33. The van der Waals surface area contributed by atoms with Crippen LogP contribution in [0.5, 0.6) is 0 Å². The Morgan fingerprint density at radius 3 is 2.21 bits per heavy atom. The number of benzene rings is 1. The van der Waals surface area contributed by atoms with Crippen LogP contribution in [0.4, 0.5) is 10.5 Å². The van der Waals surface area contributed by atoms with Crippen LogP contribution in [0.1, 0.15) is 36.0 Å². The molecule has 0 bridgehead atoms. The number of hydrogen-bond donors (Lipinski definition) is 0. The lowest BCUT2D eigenvalue weighted by atomic mass is 9.86. The quantitative estimate of drug-likeness (QED) is 0.710. The van der Waals surface area contributed by atoms with Gasteiger partial charge in [0.15, 0.2) is 0 Å². The Kier molecular flexibility index (Phi) is 4.73. The van der Waals surface area contributed by atoms with Crippen LogP contribution in [0, 0.1) is 0 Å². The molecule has 0 atom stereocenters. The van der Waals surface area contributed by atoms with E-state index in [0.29, 0.717) is 36.5 Å². The third kappa shape index (κ3) is 2.83. The number of carbonyl (C=O) groups excluding carboxylic acids is 3. The van der Waals surface area contributed by atoms with Gasteiger partial charge in [0.25, 0.3) is 11.8 Å². The topological polar surface area (TPSA) is 64.2 Å². The van der Waals surface area contributed by atoms with Gasteiger partial charge in [0.1, 0.15) is 5.54 Å². The van der Waals surface area contributed by atoms with E-state index in [0.717, 1.165) is 31.6 Å². The average Bonchev–Trinajstić information content (AvgIpc) is 3.29. The molecule has 1 spiro atoms. The van der Waals surface area contributed by atoms with E-state index in [4.69, 9.17) is 11.6 Å². The van der Waals surface area contributed by atoms with Gasteiger partial charge in [0.05, 0.1) is 10.7 Å². The third-order valence-corrected chi connectivity index (χ3v) is 6.74. The van der Waals surface area contributed by atoms with E-state index in [9.17, 15) is 14.4 Å². The summed E-state index contributed by atoms with van der Waals surface area (Å²) in [4.78, 5) is 44.4. The first-order valence-corrected chi connectivity index (χ1v) is 10.1. The first-order chi connectivity index (χ1) is 13.3. The zero-order valence-electron chi connectivity index (χ0n) is 16.3. The van der Waals surface area contributed by atoms with Gasteiger partial charge in [-0.3, -0.25) is 14.5 Å². The second-order valence-electron chi connectivity index (χ2n) is 7.89. The zero-order chi connectivity index (χ0) is 20.1. The summed E-state index contributed by atoms with van der Waals surface area (Å²) < 4.78 is 0. The molecule has 0 unspecified atom stereocenters. The number of likely N-dealkylation sites (tertiary alicyclic amines) is 1. The van der Waals surface area contributed by atoms with Gasteiger partial charge in [0, 0.05) is 45.8 Å². The molecule has 1 aromatic carbocycles. The molecule has 28 heavy (non-hydrogen) atoms. The van der Waals surface area contributed by atoms with E-state index in [-0.39, 0.29) is 17.8 Å². The number of nitrogens with zero attached hydrogens (tertiary/aromatic N) is 4. The molecule has 3 aliphatic heterocycles. The van der Waals surface area contributed by atoms with E-state index in [1.807, 2.05) is 12.1 Å². The van der Waals surface area contributed by atoms with E-state index in [2.05, 4.69) is 4.90 Å². The predicted molar refractivity (Wildman–Crippen MR) is 107 cm³/mol. The molecule has 3 aliphatic rings. The van der Waals surface area contributed by atoms with Gasteiger partial charge in [-0.05, 0) is 43.9 Å². The van der Waals surface area contributed by atoms with E-state index in [1.165, 1.54) is 16.8 Å². The molecule has 4 amide bonds. The second-order valence-corrected chi connectivity index (χ2v) is 8.30.